The average Bonchev–Trinajstić information content (AvgIpc) is 2.85. The highest BCUT2D eigenvalue weighted by Crippen LogP contribution is 2.26. The lowest BCUT2D eigenvalue weighted by Gasteiger charge is -2.25. The summed E-state index contributed by atoms with van der Waals surface area (Å²) < 4.78 is 58.4. The Labute approximate surface area is 220 Å². The summed E-state index contributed by atoms with van der Waals surface area (Å²) in [5.41, 5.74) is 1.40. The summed E-state index contributed by atoms with van der Waals surface area (Å²) in [6.07, 6.45) is 3.86. The summed E-state index contributed by atoms with van der Waals surface area (Å²) in [5, 5.41) is 2.67. The predicted molar refractivity (Wildman–Crippen MR) is 145 cm³/mol. The normalized spacial score (nSPS) is 15.2. The van der Waals surface area contributed by atoms with Crippen LogP contribution in [0.3, 0.4) is 0 Å². The Hall–Kier alpha value is -2.63. The number of amides is 1. The van der Waals surface area contributed by atoms with Gasteiger partial charge in [0, 0.05) is 13.1 Å². The summed E-state index contributed by atoms with van der Waals surface area (Å²) >= 11 is 0. The number of benzene rings is 2. The summed E-state index contributed by atoms with van der Waals surface area (Å²) in [5.74, 6) is 0.0143. The fraction of sp³-hybridized carbons (Fsp3) is 0.500. The molecule has 1 aliphatic rings. The molecule has 2 aromatic rings. The van der Waals surface area contributed by atoms with E-state index in [1.165, 1.54) is 16.4 Å². The van der Waals surface area contributed by atoms with Crippen LogP contribution < -0.4 is 14.4 Å². The molecule has 0 unspecified atom stereocenters. The molecule has 0 aromatic heterocycles. The fourth-order valence-corrected chi connectivity index (χ4v) is 6.41. The molecular formula is C26H37N3O6S2. The molecule has 1 N–H and O–H groups in total. The first kappa shape index (κ1) is 28.9. The van der Waals surface area contributed by atoms with Gasteiger partial charge < -0.3 is 10.1 Å². The van der Waals surface area contributed by atoms with Crippen LogP contribution >= 0.6 is 0 Å². The summed E-state index contributed by atoms with van der Waals surface area (Å²) in [6, 6.07) is 13.3. The van der Waals surface area contributed by atoms with E-state index >= 15 is 0 Å². The van der Waals surface area contributed by atoms with E-state index in [9.17, 15) is 21.6 Å². The Bertz CT molecular complexity index is 1260. The van der Waals surface area contributed by atoms with Gasteiger partial charge in [-0.3, -0.25) is 9.10 Å². The number of anilines is 1. The summed E-state index contributed by atoms with van der Waals surface area (Å²) in [7, 11) is -7.18. The Kier molecular flexibility index (Phi) is 9.25. The molecule has 0 aliphatic carbocycles. The zero-order valence-corrected chi connectivity index (χ0v) is 23.6. The number of piperidine rings is 1. The Morgan fingerprint density at radius 2 is 1.54 bits per heavy atom. The van der Waals surface area contributed by atoms with Crippen LogP contribution in [0.15, 0.2) is 53.4 Å². The van der Waals surface area contributed by atoms with Crippen molar-refractivity contribution in [2.75, 3.05) is 43.3 Å². The molecule has 0 radical (unpaired) electrons. The molecule has 1 fully saturated rings. The second-order valence-electron chi connectivity index (χ2n) is 10.2. The maximum atomic E-state index is 12.7. The van der Waals surface area contributed by atoms with Gasteiger partial charge in [0.1, 0.15) is 18.9 Å². The highest BCUT2D eigenvalue weighted by atomic mass is 32.2. The molecular weight excluding hydrogens is 514 g/mol. The topological polar surface area (TPSA) is 113 Å². The maximum Gasteiger partial charge on any atom is 0.243 e. The van der Waals surface area contributed by atoms with Gasteiger partial charge >= 0.3 is 0 Å². The van der Waals surface area contributed by atoms with E-state index in [-0.39, 0.29) is 30.0 Å². The average molecular weight is 552 g/mol. The molecule has 2 aromatic carbocycles. The molecule has 1 heterocycles. The Morgan fingerprint density at radius 1 is 0.946 bits per heavy atom. The number of rotatable bonds is 10. The lowest BCUT2D eigenvalue weighted by Crippen LogP contribution is -2.41. The second kappa shape index (κ2) is 11.8. The van der Waals surface area contributed by atoms with Gasteiger partial charge in [-0.05, 0) is 60.2 Å². The number of ether oxygens (including phenoxy) is 1. The van der Waals surface area contributed by atoms with E-state index in [0.29, 0.717) is 24.5 Å². The number of nitrogens with zero attached hydrogens (tertiary/aromatic N) is 2. The molecule has 0 bridgehead atoms. The minimum atomic E-state index is -3.67. The number of nitrogens with one attached hydrogen (secondary N) is 1. The van der Waals surface area contributed by atoms with Crippen LogP contribution in [-0.4, -0.2) is 66.1 Å². The smallest absolute Gasteiger partial charge is 0.243 e. The minimum absolute atomic E-state index is 0.0757. The van der Waals surface area contributed by atoms with Crippen molar-refractivity contribution in [2.45, 2.75) is 50.3 Å². The Morgan fingerprint density at radius 3 is 2.08 bits per heavy atom. The van der Waals surface area contributed by atoms with Crippen LogP contribution in [0.25, 0.3) is 0 Å². The predicted octanol–water partition coefficient (Wildman–Crippen LogP) is 3.12. The zero-order valence-electron chi connectivity index (χ0n) is 21.9. The lowest BCUT2D eigenvalue weighted by molar-refractivity contribution is -0.119. The van der Waals surface area contributed by atoms with Crippen molar-refractivity contribution >= 4 is 31.6 Å². The van der Waals surface area contributed by atoms with Gasteiger partial charge in [-0.15, -0.1) is 0 Å². The van der Waals surface area contributed by atoms with Crippen molar-refractivity contribution in [1.82, 2.24) is 9.62 Å². The third-order valence-corrected chi connectivity index (χ3v) is 9.23. The fourth-order valence-electron chi connectivity index (χ4n) is 4.04. The molecule has 11 heteroatoms. The number of hydrogen-bond donors (Lipinski definition) is 1. The minimum Gasteiger partial charge on any atom is -0.492 e. The van der Waals surface area contributed by atoms with Gasteiger partial charge in [0.25, 0.3) is 0 Å². The number of sulfonamides is 2. The lowest BCUT2D eigenvalue weighted by atomic mass is 9.87. The van der Waals surface area contributed by atoms with Gasteiger partial charge in [0.05, 0.1) is 23.4 Å². The number of hydrogen-bond acceptors (Lipinski definition) is 6. The number of carbonyl (C=O) groups excluding carboxylic acids is 1. The van der Waals surface area contributed by atoms with Gasteiger partial charge in [-0.25, -0.2) is 16.8 Å². The van der Waals surface area contributed by atoms with Gasteiger partial charge in [0.15, 0.2) is 0 Å². The van der Waals surface area contributed by atoms with Gasteiger partial charge in [-0.2, -0.15) is 4.31 Å². The summed E-state index contributed by atoms with van der Waals surface area (Å²) in [4.78, 5) is 12.7. The van der Waals surface area contributed by atoms with E-state index in [1.807, 2.05) is 12.1 Å². The van der Waals surface area contributed by atoms with Crippen LogP contribution in [0, 0.1) is 0 Å². The Balaban J connectivity index is 1.51. The van der Waals surface area contributed by atoms with Crippen LogP contribution in [-0.2, 0) is 30.3 Å². The van der Waals surface area contributed by atoms with Crippen molar-refractivity contribution in [3.63, 3.8) is 0 Å². The molecule has 1 amide bonds. The van der Waals surface area contributed by atoms with E-state index in [1.54, 1.807) is 24.3 Å². The highest BCUT2D eigenvalue weighted by molar-refractivity contribution is 7.92. The third kappa shape index (κ3) is 7.93. The molecule has 0 atom stereocenters. The monoisotopic (exact) mass is 551 g/mol. The van der Waals surface area contributed by atoms with Crippen LogP contribution in [0.2, 0.25) is 0 Å². The molecule has 37 heavy (non-hydrogen) atoms. The molecule has 1 saturated heterocycles. The first-order chi connectivity index (χ1) is 17.3. The van der Waals surface area contributed by atoms with Crippen molar-refractivity contribution < 1.29 is 26.4 Å². The van der Waals surface area contributed by atoms with Crippen LogP contribution in [0.5, 0.6) is 5.75 Å². The first-order valence-electron chi connectivity index (χ1n) is 12.4. The quantitative estimate of drug-likeness (QED) is 0.454. The SMILES string of the molecule is CC(C)(C)c1ccc(N(CC(=O)NCCOc2ccc(S(=O)(=O)N3CCCCC3)cc2)S(C)(=O)=O)cc1. The van der Waals surface area contributed by atoms with Crippen molar-refractivity contribution in [3.05, 3.63) is 54.1 Å². The van der Waals surface area contributed by atoms with Crippen molar-refractivity contribution in [1.29, 1.82) is 0 Å². The first-order valence-corrected chi connectivity index (χ1v) is 15.7. The van der Waals surface area contributed by atoms with Crippen LogP contribution in [0.4, 0.5) is 5.69 Å². The zero-order chi connectivity index (χ0) is 27.3. The highest BCUT2D eigenvalue weighted by Gasteiger charge is 2.26. The van der Waals surface area contributed by atoms with E-state index in [0.717, 1.165) is 35.4 Å². The standard InChI is InChI=1S/C26H37N3O6S2/c1-26(2,3)21-8-10-22(11-9-21)29(36(4,31)32)20-25(30)27-16-19-35-23-12-14-24(15-13-23)37(33,34)28-17-6-5-7-18-28/h8-15H,5-7,16-20H2,1-4H3,(H,27,30). The molecule has 0 spiro atoms. The van der Waals surface area contributed by atoms with Crippen molar-refractivity contribution in [2.24, 2.45) is 0 Å². The second-order valence-corrected chi connectivity index (χ2v) is 14.0. The van der Waals surface area contributed by atoms with Crippen LogP contribution in [0.1, 0.15) is 45.6 Å². The molecule has 9 nitrogen and oxygen atoms in total. The summed E-state index contributed by atoms with van der Waals surface area (Å²) in [6.45, 7) is 7.24. The largest absolute Gasteiger partial charge is 0.492 e. The van der Waals surface area contributed by atoms with E-state index in [2.05, 4.69) is 26.1 Å². The van der Waals surface area contributed by atoms with E-state index in [4.69, 9.17) is 4.74 Å². The van der Waals surface area contributed by atoms with Gasteiger partial charge in [0.2, 0.25) is 26.0 Å². The molecule has 0 saturated carbocycles. The maximum absolute atomic E-state index is 12.7. The third-order valence-electron chi connectivity index (χ3n) is 6.18. The molecule has 204 valence electrons. The molecule has 1 aliphatic heterocycles. The van der Waals surface area contributed by atoms with E-state index < -0.39 is 26.0 Å². The molecule has 3 rings (SSSR count). The number of carbonyl (C=O) groups is 1. The van der Waals surface area contributed by atoms with Crippen molar-refractivity contribution in [3.8, 4) is 5.75 Å². The van der Waals surface area contributed by atoms with Gasteiger partial charge in [-0.1, -0.05) is 39.3 Å².